The fourth-order valence-electron chi connectivity index (χ4n) is 20.6. The number of aromatic nitrogens is 2. The van der Waals surface area contributed by atoms with Crippen LogP contribution in [-0.4, -0.2) is 9.13 Å². The van der Waals surface area contributed by atoms with Gasteiger partial charge < -0.3 is 9.13 Å². The van der Waals surface area contributed by atoms with Gasteiger partial charge in [-0.2, -0.15) is 0 Å². The maximum atomic E-state index is 2.53. The molecule has 108 heavy (non-hydrogen) atoms. The number of fused-ring (bicyclic) bond motifs is 28. The summed E-state index contributed by atoms with van der Waals surface area (Å²) in [5.41, 5.74) is 39.4. The summed E-state index contributed by atoms with van der Waals surface area (Å²) in [6.45, 7) is 0. The Hall–Kier alpha value is -13.9. The maximum Gasteiger partial charge on any atom is 0.0725 e. The number of nitrogens with zero attached hydrogens (tertiary/aromatic N) is 2. The molecule has 2 spiro atoms. The van der Waals surface area contributed by atoms with Gasteiger partial charge in [0.25, 0.3) is 0 Å². The molecule has 0 atom stereocenters. The predicted molar refractivity (Wildman–Crippen MR) is 450 cm³/mol. The summed E-state index contributed by atoms with van der Waals surface area (Å²) >= 11 is 0. The normalized spacial score (nSPS) is 13.5. The minimum absolute atomic E-state index is 0.446. The number of hydrogen-bond acceptors (Lipinski definition) is 0. The SMILES string of the molecule is c1ccc(-c2c3ccccc3c(-c3ccc(-n4c5ccccc5c5cc(-c6ccc(-n7c8ccc(-c9ccc%10c(c9)C9(c%11ccccc%11-c%11ccccc%119)c9ccccc9-%10)cc8c8cc(-c9ccc%10c(c9)C9(c%11ccccc%11-c%11ccccc%119)c9ccccc9-%10)ccc87)cc6)ccc54)cc3)c3ccccc23)cc1. The molecule has 4 aliphatic carbocycles. The zero-order chi connectivity index (χ0) is 70.5. The van der Waals surface area contributed by atoms with Crippen molar-refractivity contribution in [3.8, 4) is 112 Å². The monoisotopic (exact) mass is 1360 g/mol. The molecule has 0 amide bonds. The largest absolute Gasteiger partial charge is 0.309 e. The molecule has 18 aromatic carbocycles. The molecule has 0 unspecified atom stereocenters. The highest BCUT2D eigenvalue weighted by Crippen LogP contribution is 2.65. The second-order valence-electron chi connectivity index (χ2n) is 30.0. The highest BCUT2D eigenvalue weighted by Gasteiger charge is 2.53. The average Bonchev–Trinajstić information content (AvgIpc) is 1.51. The Kier molecular flexibility index (Phi) is 12.3. The van der Waals surface area contributed by atoms with Crippen LogP contribution >= 0.6 is 0 Å². The van der Waals surface area contributed by atoms with E-state index in [0.717, 1.165) is 28.0 Å². The summed E-state index contributed by atoms with van der Waals surface area (Å²) < 4.78 is 4.94. The van der Waals surface area contributed by atoms with E-state index in [2.05, 4.69) is 397 Å². The smallest absolute Gasteiger partial charge is 0.0725 e. The van der Waals surface area contributed by atoms with Crippen molar-refractivity contribution in [3.05, 3.63) is 433 Å². The van der Waals surface area contributed by atoms with Crippen molar-refractivity contribution in [2.24, 2.45) is 0 Å². The van der Waals surface area contributed by atoms with Crippen LogP contribution in [0.25, 0.3) is 177 Å². The highest BCUT2D eigenvalue weighted by molar-refractivity contribution is 6.22. The lowest BCUT2D eigenvalue weighted by Crippen LogP contribution is -2.25. The van der Waals surface area contributed by atoms with Gasteiger partial charge in [0.15, 0.2) is 0 Å². The lowest BCUT2D eigenvalue weighted by atomic mass is 9.70. The number of hydrogen-bond donors (Lipinski definition) is 0. The molecule has 20 aromatic rings. The summed E-state index contributed by atoms with van der Waals surface area (Å²) in [5, 5.41) is 9.89. The van der Waals surface area contributed by atoms with Crippen LogP contribution in [0.3, 0.4) is 0 Å². The van der Waals surface area contributed by atoms with Gasteiger partial charge >= 0.3 is 0 Å². The Morgan fingerprint density at radius 2 is 0.398 bits per heavy atom. The molecule has 2 heteroatoms. The van der Waals surface area contributed by atoms with E-state index in [9.17, 15) is 0 Å². The lowest BCUT2D eigenvalue weighted by Gasteiger charge is -2.30. The Balaban J connectivity index is 0.639. The molecule has 0 bridgehead atoms. The fourth-order valence-corrected chi connectivity index (χ4v) is 20.6. The van der Waals surface area contributed by atoms with Gasteiger partial charge in [0, 0.05) is 32.9 Å². The third kappa shape index (κ3) is 7.94. The highest BCUT2D eigenvalue weighted by atomic mass is 15.0. The van der Waals surface area contributed by atoms with Crippen molar-refractivity contribution < 1.29 is 0 Å². The first-order valence-corrected chi connectivity index (χ1v) is 37.8. The molecule has 24 rings (SSSR count). The first-order valence-electron chi connectivity index (χ1n) is 37.8. The van der Waals surface area contributed by atoms with Crippen molar-refractivity contribution in [2.45, 2.75) is 10.8 Å². The van der Waals surface area contributed by atoms with E-state index in [4.69, 9.17) is 0 Å². The van der Waals surface area contributed by atoms with Crippen LogP contribution in [0.5, 0.6) is 0 Å². The summed E-state index contributed by atoms with van der Waals surface area (Å²) in [4.78, 5) is 0. The van der Waals surface area contributed by atoms with Crippen LogP contribution in [0, 0.1) is 0 Å². The molecule has 4 aliphatic rings. The van der Waals surface area contributed by atoms with Gasteiger partial charge in [-0.1, -0.05) is 309 Å². The van der Waals surface area contributed by atoms with E-state index < -0.39 is 10.8 Å². The van der Waals surface area contributed by atoms with Crippen LogP contribution in [0.2, 0.25) is 0 Å². The second-order valence-corrected chi connectivity index (χ2v) is 30.0. The van der Waals surface area contributed by atoms with Crippen LogP contribution < -0.4 is 0 Å². The van der Waals surface area contributed by atoms with Gasteiger partial charge in [-0.05, 0) is 245 Å². The topological polar surface area (TPSA) is 9.86 Å². The average molecular weight is 1370 g/mol. The molecule has 498 valence electrons. The molecule has 2 aromatic heterocycles. The van der Waals surface area contributed by atoms with Crippen molar-refractivity contribution in [3.63, 3.8) is 0 Å². The zero-order valence-corrected chi connectivity index (χ0v) is 58.8. The molecule has 0 N–H and O–H groups in total. The number of para-hydroxylation sites is 1. The van der Waals surface area contributed by atoms with Gasteiger partial charge in [-0.3, -0.25) is 0 Å². The molecule has 2 heterocycles. The molecule has 0 aliphatic heterocycles. The number of rotatable bonds is 7. The molecule has 0 radical (unpaired) electrons. The third-order valence-electron chi connectivity index (χ3n) is 25.0. The lowest BCUT2D eigenvalue weighted by molar-refractivity contribution is 0.794. The van der Waals surface area contributed by atoms with E-state index in [-0.39, 0.29) is 0 Å². The van der Waals surface area contributed by atoms with E-state index >= 15 is 0 Å². The zero-order valence-electron chi connectivity index (χ0n) is 58.8. The van der Waals surface area contributed by atoms with Gasteiger partial charge in [0.1, 0.15) is 0 Å². The van der Waals surface area contributed by atoms with E-state index in [1.165, 1.54) is 193 Å². The van der Waals surface area contributed by atoms with E-state index in [0.29, 0.717) is 0 Å². The predicted octanol–water partition coefficient (Wildman–Crippen LogP) is 27.2. The van der Waals surface area contributed by atoms with Crippen molar-refractivity contribution in [1.29, 1.82) is 0 Å². The van der Waals surface area contributed by atoms with Gasteiger partial charge in [0.2, 0.25) is 0 Å². The summed E-state index contributed by atoms with van der Waals surface area (Å²) in [7, 11) is 0. The van der Waals surface area contributed by atoms with Crippen molar-refractivity contribution in [1.82, 2.24) is 9.13 Å². The first-order chi connectivity index (χ1) is 53.6. The molecule has 2 nitrogen and oxygen atoms in total. The van der Waals surface area contributed by atoms with Gasteiger partial charge in [-0.15, -0.1) is 0 Å². The first kappa shape index (κ1) is 59.5. The van der Waals surface area contributed by atoms with Crippen LogP contribution in [0.1, 0.15) is 44.5 Å². The Morgan fingerprint density at radius 3 is 0.778 bits per heavy atom. The Morgan fingerprint density at radius 1 is 0.148 bits per heavy atom. The fraction of sp³-hybridized carbons (Fsp3) is 0.0189. The van der Waals surface area contributed by atoms with Gasteiger partial charge in [-0.25, -0.2) is 0 Å². The Labute approximate surface area is 625 Å². The van der Waals surface area contributed by atoms with Crippen molar-refractivity contribution >= 4 is 65.2 Å². The van der Waals surface area contributed by atoms with Gasteiger partial charge in [0.05, 0.1) is 32.9 Å². The standard InChI is InChI=1S/C106H64N2/c1-2-22-66(23-3-1)103-84-31-4-6-33-86(84)104(87-34-7-5-32-85(87)103)67-44-53-74(54-45-67)107-99-41-21-14-30-83(99)88-60-68(48-57-100(88)107)65-42-51-73(52-43-65)108-101-58-49-69(71-46-55-81-79-28-12-19-39-95(79)105(97(81)63-71)91-35-15-8-24-75(91)76-25-9-16-36-92(76)105)61-89(101)90-62-70(50-59-102(90)108)72-47-56-82-80-29-13-20-40-96(80)106(98(82)64-72)93-37-17-10-26-77(93)78-27-11-18-38-94(78)106/h1-64H. The maximum absolute atomic E-state index is 2.53. The van der Waals surface area contributed by atoms with Crippen LogP contribution in [-0.2, 0) is 10.8 Å². The minimum Gasteiger partial charge on any atom is -0.309 e. The third-order valence-corrected chi connectivity index (χ3v) is 25.0. The molecule has 0 saturated heterocycles. The summed E-state index contributed by atoms with van der Waals surface area (Å²) in [5.74, 6) is 0. The molecule has 0 fully saturated rings. The second kappa shape index (κ2) is 22.3. The number of benzene rings is 18. The minimum atomic E-state index is -0.446. The summed E-state index contributed by atoms with van der Waals surface area (Å²) in [6, 6.07) is 147. The molecular formula is C106H64N2. The quantitative estimate of drug-likeness (QED) is 0.141. The van der Waals surface area contributed by atoms with Crippen LogP contribution in [0.4, 0.5) is 0 Å². The van der Waals surface area contributed by atoms with Crippen LogP contribution in [0.15, 0.2) is 388 Å². The molecule has 0 saturated carbocycles. The van der Waals surface area contributed by atoms with E-state index in [1.807, 2.05) is 0 Å². The van der Waals surface area contributed by atoms with E-state index in [1.54, 1.807) is 0 Å². The summed E-state index contributed by atoms with van der Waals surface area (Å²) in [6.07, 6.45) is 0. The molecular weight excluding hydrogens is 1300 g/mol. The Bertz CT molecular complexity index is 6850. The van der Waals surface area contributed by atoms with Crippen molar-refractivity contribution in [2.75, 3.05) is 0 Å².